The molecule has 5 rings (SSSR count). The quantitative estimate of drug-likeness (QED) is 0.292. The van der Waals surface area contributed by atoms with Gasteiger partial charge in [-0.1, -0.05) is 78.5 Å². The van der Waals surface area contributed by atoms with Crippen LogP contribution in [-0.2, 0) is 12.3 Å². The highest BCUT2D eigenvalue weighted by atomic mass is 32.2. The Morgan fingerprint density at radius 1 is 0.733 bits per heavy atom. The number of para-hydroxylation sites is 2. The molecule has 146 valence electrons. The van der Waals surface area contributed by atoms with Crippen molar-refractivity contribution >= 4 is 33.6 Å². The number of nitrogens with zero attached hydrogens (tertiary/aromatic N) is 3. The third-order valence-electron chi connectivity index (χ3n) is 5.02. The van der Waals surface area contributed by atoms with Gasteiger partial charge in [-0.25, -0.2) is 4.98 Å². The minimum Gasteiger partial charge on any atom is -0.283 e. The average Bonchev–Trinajstić information content (AvgIpc) is 2.80. The van der Waals surface area contributed by atoms with E-state index in [0.717, 1.165) is 27.7 Å². The molecule has 2 aromatic heterocycles. The van der Waals surface area contributed by atoms with Gasteiger partial charge in [-0.3, -0.25) is 14.3 Å². The van der Waals surface area contributed by atoms with E-state index >= 15 is 0 Å². The van der Waals surface area contributed by atoms with E-state index in [0.29, 0.717) is 22.8 Å². The van der Waals surface area contributed by atoms with Gasteiger partial charge in [-0.15, -0.1) is 0 Å². The number of fused-ring (bicyclic) bond motifs is 2. The molecule has 5 aromatic rings. The van der Waals surface area contributed by atoms with Crippen molar-refractivity contribution in [3.63, 3.8) is 0 Å². The molecule has 0 amide bonds. The van der Waals surface area contributed by atoms with Crippen molar-refractivity contribution in [2.45, 2.75) is 17.5 Å². The molecule has 4 nitrogen and oxygen atoms in total. The Kier molecular flexibility index (Phi) is 5.03. The van der Waals surface area contributed by atoms with E-state index in [2.05, 4.69) is 12.1 Å². The summed E-state index contributed by atoms with van der Waals surface area (Å²) in [6.07, 6.45) is 0. The zero-order valence-electron chi connectivity index (χ0n) is 16.2. The predicted octanol–water partition coefficient (Wildman–Crippen LogP) is 5.29. The van der Waals surface area contributed by atoms with Crippen LogP contribution in [0.4, 0.5) is 0 Å². The smallest absolute Gasteiger partial charge is 0.262 e. The first kappa shape index (κ1) is 18.6. The molecular weight excluding hydrogens is 390 g/mol. The topological polar surface area (TPSA) is 47.8 Å². The van der Waals surface area contributed by atoms with Crippen molar-refractivity contribution in [3.8, 4) is 0 Å². The number of benzene rings is 3. The zero-order valence-corrected chi connectivity index (χ0v) is 17.0. The molecule has 0 saturated carbocycles. The van der Waals surface area contributed by atoms with Crippen molar-refractivity contribution in [1.82, 2.24) is 14.5 Å². The van der Waals surface area contributed by atoms with Crippen LogP contribution in [0, 0.1) is 0 Å². The number of aromatic nitrogens is 3. The number of hydrogen-bond donors (Lipinski definition) is 0. The highest BCUT2D eigenvalue weighted by molar-refractivity contribution is 7.98. The number of thioether (sulfide) groups is 1. The molecule has 0 aliphatic carbocycles. The van der Waals surface area contributed by atoms with Crippen LogP contribution in [0.1, 0.15) is 11.3 Å². The minimum atomic E-state index is -0.0153. The summed E-state index contributed by atoms with van der Waals surface area (Å²) in [7, 11) is 0. The van der Waals surface area contributed by atoms with E-state index in [1.54, 1.807) is 16.3 Å². The highest BCUT2D eigenvalue weighted by Gasteiger charge is 2.12. The van der Waals surface area contributed by atoms with Gasteiger partial charge in [0.2, 0.25) is 0 Å². The summed E-state index contributed by atoms with van der Waals surface area (Å²) in [5, 5.41) is 2.47. The molecule has 0 saturated heterocycles. The summed E-state index contributed by atoms with van der Waals surface area (Å²) in [6, 6.07) is 29.7. The van der Waals surface area contributed by atoms with Crippen LogP contribution in [0.25, 0.3) is 21.8 Å². The van der Waals surface area contributed by atoms with E-state index < -0.39 is 0 Å². The van der Waals surface area contributed by atoms with Gasteiger partial charge < -0.3 is 0 Å². The van der Waals surface area contributed by atoms with Crippen LogP contribution >= 0.6 is 11.8 Å². The molecule has 5 heteroatoms. The number of hydrogen-bond acceptors (Lipinski definition) is 4. The molecule has 0 fully saturated rings. The highest BCUT2D eigenvalue weighted by Crippen LogP contribution is 2.23. The Morgan fingerprint density at radius 2 is 1.47 bits per heavy atom. The van der Waals surface area contributed by atoms with Crippen molar-refractivity contribution < 1.29 is 0 Å². The lowest BCUT2D eigenvalue weighted by molar-refractivity contribution is 0.658. The van der Waals surface area contributed by atoms with Gasteiger partial charge in [0.15, 0.2) is 5.16 Å². The van der Waals surface area contributed by atoms with Crippen molar-refractivity contribution in [2.24, 2.45) is 0 Å². The minimum absolute atomic E-state index is 0.0153. The second kappa shape index (κ2) is 8.13. The molecule has 0 aliphatic heterocycles. The Morgan fingerprint density at radius 3 is 2.33 bits per heavy atom. The first-order valence-corrected chi connectivity index (χ1v) is 10.8. The standard InChI is InChI=1S/C25H19N3OS/c29-24-21-11-5-7-13-23(21)27-25(28(24)16-18-8-2-1-3-9-18)30-17-20-15-14-19-10-4-6-12-22(19)26-20/h1-15H,16-17H2. The second-order valence-corrected chi connectivity index (χ2v) is 8.01. The van der Waals surface area contributed by atoms with E-state index in [4.69, 9.17) is 9.97 Å². The van der Waals surface area contributed by atoms with E-state index in [9.17, 15) is 4.79 Å². The van der Waals surface area contributed by atoms with Crippen molar-refractivity contribution in [2.75, 3.05) is 0 Å². The predicted molar refractivity (Wildman–Crippen MR) is 123 cm³/mol. The van der Waals surface area contributed by atoms with Gasteiger partial charge in [0.05, 0.1) is 28.7 Å². The molecule has 0 radical (unpaired) electrons. The summed E-state index contributed by atoms with van der Waals surface area (Å²) in [5.41, 5.74) is 3.72. The molecule has 0 spiro atoms. The summed E-state index contributed by atoms with van der Waals surface area (Å²) in [4.78, 5) is 22.8. The van der Waals surface area contributed by atoms with Crippen LogP contribution in [0.2, 0.25) is 0 Å². The van der Waals surface area contributed by atoms with Gasteiger partial charge in [0.25, 0.3) is 5.56 Å². The maximum absolute atomic E-state index is 13.2. The fourth-order valence-electron chi connectivity index (χ4n) is 3.49. The first-order valence-electron chi connectivity index (χ1n) is 9.79. The normalized spacial score (nSPS) is 11.2. The van der Waals surface area contributed by atoms with Crippen molar-refractivity contribution in [1.29, 1.82) is 0 Å². The first-order chi connectivity index (χ1) is 14.8. The van der Waals surface area contributed by atoms with Gasteiger partial charge in [0, 0.05) is 11.1 Å². The third-order valence-corrected chi connectivity index (χ3v) is 6.03. The van der Waals surface area contributed by atoms with Crippen LogP contribution in [0.15, 0.2) is 101 Å². The maximum atomic E-state index is 13.2. The fourth-order valence-corrected chi connectivity index (χ4v) is 4.39. The Balaban J connectivity index is 1.52. The zero-order chi connectivity index (χ0) is 20.3. The molecule has 3 aromatic carbocycles. The molecule has 0 N–H and O–H groups in total. The van der Waals surface area contributed by atoms with Crippen LogP contribution in [0.3, 0.4) is 0 Å². The molecule has 0 unspecified atom stereocenters. The van der Waals surface area contributed by atoms with Gasteiger partial charge in [-0.2, -0.15) is 0 Å². The number of pyridine rings is 1. The summed E-state index contributed by atoms with van der Waals surface area (Å²) < 4.78 is 1.77. The molecule has 0 aliphatic rings. The Labute approximate surface area is 178 Å². The van der Waals surface area contributed by atoms with E-state index in [-0.39, 0.29) is 5.56 Å². The molecular formula is C25H19N3OS. The van der Waals surface area contributed by atoms with Crippen molar-refractivity contribution in [3.05, 3.63) is 113 Å². The number of rotatable bonds is 5. The van der Waals surface area contributed by atoms with E-state index in [1.165, 1.54) is 0 Å². The Bertz CT molecular complexity index is 1400. The Hall–Kier alpha value is -3.44. The SMILES string of the molecule is O=c1c2ccccc2nc(SCc2ccc3ccccc3n2)n1Cc1ccccc1. The molecule has 0 bridgehead atoms. The monoisotopic (exact) mass is 409 g/mol. The largest absolute Gasteiger partial charge is 0.283 e. The summed E-state index contributed by atoms with van der Waals surface area (Å²) in [6.45, 7) is 0.491. The maximum Gasteiger partial charge on any atom is 0.262 e. The van der Waals surface area contributed by atoms with Gasteiger partial charge in [-0.05, 0) is 29.8 Å². The molecule has 2 heterocycles. The lowest BCUT2D eigenvalue weighted by Gasteiger charge is -2.13. The molecule has 0 atom stereocenters. The van der Waals surface area contributed by atoms with Crippen LogP contribution < -0.4 is 5.56 Å². The second-order valence-electron chi connectivity index (χ2n) is 7.07. The van der Waals surface area contributed by atoms with Gasteiger partial charge in [0.1, 0.15) is 0 Å². The summed E-state index contributed by atoms with van der Waals surface area (Å²) in [5.74, 6) is 0.643. The van der Waals surface area contributed by atoms with E-state index in [1.807, 2.05) is 78.9 Å². The lowest BCUT2D eigenvalue weighted by atomic mass is 10.2. The molecule has 30 heavy (non-hydrogen) atoms. The summed E-state index contributed by atoms with van der Waals surface area (Å²) >= 11 is 1.55. The average molecular weight is 410 g/mol. The van der Waals surface area contributed by atoms with Gasteiger partial charge >= 0.3 is 0 Å². The third kappa shape index (κ3) is 3.72. The van der Waals surface area contributed by atoms with Crippen LogP contribution in [0.5, 0.6) is 0 Å². The fraction of sp³-hybridized carbons (Fsp3) is 0.0800. The van der Waals surface area contributed by atoms with Crippen LogP contribution in [-0.4, -0.2) is 14.5 Å². The lowest BCUT2D eigenvalue weighted by Crippen LogP contribution is -2.24.